The lowest BCUT2D eigenvalue weighted by molar-refractivity contribution is 1.06. The van der Waals surface area contributed by atoms with Gasteiger partial charge in [-0.2, -0.15) is 0 Å². The molecule has 0 N–H and O–H groups in total. The Morgan fingerprint density at radius 1 is 0.364 bits per heavy atom. The summed E-state index contributed by atoms with van der Waals surface area (Å²) in [5.41, 5.74) is 0.878. The highest BCUT2D eigenvalue weighted by Crippen LogP contribution is 2.41. The van der Waals surface area contributed by atoms with Crippen molar-refractivity contribution >= 4 is 21.8 Å². The van der Waals surface area contributed by atoms with Crippen molar-refractivity contribution in [1.82, 2.24) is 19.5 Å². The zero-order chi connectivity index (χ0) is 50.5. The van der Waals surface area contributed by atoms with Crippen molar-refractivity contribution in [2.75, 3.05) is 0 Å². The molecule has 2 aromatic heterocycles. The quantitative estimate of drug-likeness (QED) is 0.165. The fourth-order valence-corrected chi connectivity index (χ4v) is 6.61. The minimum absolute atomic E-state index is 0.114. The average Bonchev–Trinajstić information content (AvgIpc) is 3.75. The Balaban J connectivity index is 1.31. The Bertz CT molecular complexity index is 3840. The van der Waals surface area contributed by atoms with Crippen molar-refractivity contribution < 1.29 is 21.9 Å². The van der Waals surface area contributed by atoms with Gasteiger partial charge in [0.25, 0.3) is 0 Å². The van der Waals surface area contributed by atoms with Crippen LogP contribution in [0, 0.1) is 0 Å². The summed E-state index contributed by atoms with van der Waals surface area (Å²) >= 11 is 0. The van der Waals surface area contributed by atoms with Gasteiger partial charge in [-0.3, -0.25) is 0 Å². The van der Waals surface area contributed by atoms with Crippen LogP contribution < -0.4 is 0 Å². The molecule has 0 atom stereocenters. The largest absolute Gasteiger partial charge is 0.308 e. The van der Waals surface area contributed by atoms with Gasteiger partial charge in [0.05, 0.1) is 38.7 Å². The van der Waals surface area contributed by atoms with Crippen LogP contribution in [0.4, 0.5) is 0 Å². The molecule has 0 amide bonds. The van der Waals surface area contributed by atoms with E-state index in [4.69, 9.17) is 24.5 Å². The lowest BCUT2D eigenvalue weighted by atomic mass is 9.97. The molecule has 0 aliphatic carbocycles. The Labute approximate surface area is 342 Å². The first-order valence-corrected chi connectivity index (χ1v) is 17.2. The van der Waals surface area contributed by atoms with Gasteiger partial charge in [-0.1, -0.05) is 176 Å². The Morgan fingerprint density at radius 2 is 0.945 bits per heavy atom. The van der Waals surface area contributed by atoms with Crippen LogP contribution in [-0.4, -0.2) is 19.5 Å². The average molecular weight is 719 g/mol. The lowest BCUT2D eigenvalue weighted by Crippen LogP contribution is -2.03. The van der Waals surface area contributed by atoms with Crippen LogP contribution in [0.25, 0.3) is 95.0 Å². The fourth-order valence-electron chi connectivity index (χ4n) is 6.61. The van der Waals surface area contributed by atoms with Gasteiger partial charge in [0, 0.05) is 27.5 Å². The summed E-state index contributed by atoms with van der Waals surface area (Å²) in [6.45, 7) is 0. The molecule has 4 nitrogen and oxygen atoms in total. The zero-order valence-electron chi connectivity index (χ0n) is 44.7. The van der Waals surface area contributed by atoms with Crippen molar-refractivity contribution in [2.24, 2.45) is 0 Å². The third kappa shape index (κ3) is 5.96. The third-order valence-corrected chi connectivity index (χ3v) is 9.13. The molecule has 4 heteroatoms. The van der Waals surface area contributed by atoms with Crippen molar-refractivity contribution in [2.45, 2.75) is 0 Å². The van der Waals surface area contributed by atoms with E-state index in [0.717, 1.165) is 11.1 Å². The van der Waals surface area contributed by atoms with Crippen LogP contribution in [0.3, 0.4) is 0 Å². The molecule has 0 bridgehead atoms. The minimum Gasteiger partial charge on any atom is -0.308 e. The maximum Gasteiger partial charge on any atom is 0.166 e. The second-order valence-corrected chi connectivity index (χ2v) is 12.4. The Morgan fingerprint density at radius 3 is 1.75 bits per heavy atom. The highest BCUT2D eigenvalue weighted by Gasteiger charge is 2.21. The van der Waals surface area contributed by atoms with Crippen molar-refractivity contribution in [3.05, 3.63) is 206 Å². The number of fused-ring (bicyclic) bond motifs is 3. The number of benzene rings is 8. The number of aromatic nitrogens is 4. The Kier molecular flexibility index (Phi) is 4.93. The van der Waals surface area contributed by atoms with Crippen LogP contribution >= 0.6 is 0 Å². The molecule has 0 aliphatic rings. The predicted molar refractivity (Wildman–Crippen MR) is 227 cm³/mol. The molecule has 0 unspecified atom stereocenters. The summed E-state index contributed by atoms with van der Waals surface area (Å²) in [6.07, 6.45) is 0. The lowest BCUT2D eigenvalue weighted by Gasteiger charge is -2.15. The minimum atomic E-state index is -0.848. The molecular weight excluding hydrogens is 669 g/mol. The number of hydrogen-bond donors (Lipinski definition) is 0. The first-order chi connectivity index (χ1) is 33.9. The maximum atomic E-state index is 9.52. The van der Waals surface area contributed by atoms with Crippen molar-refractivity contribution in [3.8, 4) is 73.2 Å². The third-order valence-electron chi connectivity index (χ3n) is 9.13. The maximum absolute atomic E-state index is 9.52. The summed E-state index contributed by atoms with van der Waals surface area (Å²) in [7, 11) is 0. The molecule has 10 aromatic rings. The van der Waals surface area contributed by atoms with E-state index >= 15 is 0 Å². The monoisotopic (exact) mass is 718 g/mol. The van der Waals surface area contributed by atoms with Crippen LogP contribution in [-0.2, 0) is 0 Å². The number of hydrogen-bond acceptors (Lipinski definition) is 3. The molecule has 258 valence electrons. The molecule has 0 spiro atoms. The standard InChI is InChI=1S/C51H34N4/c1-4-16-35(17-5-1)37-30-32-38(33-31-37)42-26-15-29-47-48(42)43-24-10-12-27-45(43)55(47)46-28-13-11-25-44(46)51-53-49(39-20-8-3-9-21-39)52-50(54-51)41-23-14-22-40(34-41)36-18-6-2-7-19-36/h1-34H/i1D,4D,5D,10D,12D,15D,16D,17D,24D,26D,27D,29D,30D,31D,32D,33D. The summed E-state index contributed by atoms with van der Waals surface area (Å²) in [5, 5.41) is -0.522. The van der Waals surface area contributed by atoms with Crippen LogP contribution in [0.15, 0.2) is 206 Å². The van der Waals surface area contributed by atoms with Gasteiger partial charge in [-0.15, -0.1) is 0 Å². The molecule has 0 saturated heterocycles. The van der Waals surface area contributed by atoms with E-state index < -0.39 is 119 Å². The molecule has 0 aliphatic heterocycles. The van der Waals surface area contributed by atoms with E-state index in [2.05, 4.69) is 0 Å². The molecule has 0 saturated carbocycles. The highest BCUT2D eigenvalue weighted by atomic mass is 15.1. The van der Waals surface area contributed by atoms with E-state index in [1.165, 1.54) is 4.57 Å². The number of para-hydroxylation sites is 2. The van der Waals surface area contributed by atoms with E-state index in [9.17, 15) is 12.3 Å². The summed E-state index contributed by atoms with van der Waals surface area (Å²) in [4.78, 5) is 14.9. The van der Waals surface area contributed by atoms with Crippen molar-refractivity contribution in [1.29, 1.82) is 0 Å². The van der Waals surface area contributed by atoms with Gasteiger partial charge in [-0.05, 0) is 63.7 Å². The van der Waals surface area contributed by atoms with Gasteiger partial charge in [-0.25, -0.2) is 15.0 Å². The number of rotatable bonds is 7. The first-order valence-electron chi connectivity index (χ1n) is 25.2. The van der Waals surface area contributed by atoms with E-state index in [1.54, 1.807) is 24.3 Å². The van der Waals surface area contributed by atoms with Crippen molar-refractivity contribution in [3.63, 3.8) is 0 Å². The van der Waals surface area contributed by atoms with Gasteiger partial charge < -0.3 is 4.57 Å². The molecule has 8 aromatic carbocycles. The second-order valence-electron chi connectivity index (χ2n) is 12.4. The van der Waals surface area contributed by atoms with Gasteiger partial charge in [0.2, 0.25) is 0 Å². The smallest absolute Gasteiger partial charge is 0.166 e. The van der Waals surface area contributed by atoms with E-state index in [1.807, 2.05) is 84.9 Å². The van der Waals surface area contributed by atoms with Gasteiger partial charge in [0.15, 0.2) is 17.5 Å². The summed E-state index contributed by atoms with van der Waals surface area (Å²) in [6, 6.07) is 21.3. The zero-order valence-corrected chi connectivity index (χ0v) is 28.7. The first kappa shape index (κ1) is 19.6. The van der Waals surface area contributed by atoms with Crippen LogP contribution in [0.5, 0.6) is 0 Å². The van der Waals surface area contributed by atoms with Gasteiger partial charge >= 0.3 is 0 Å². The van der Waals surface area contributed by atoms with Crippen LogP contribution in [0.2, 0.25) is 0 Å². The predicted octanol–water partition coefficient (Wildman–Crippen LogP) is 13.0. The SMILES string of the molecule is [2H]c1c([2H])c([2H])c(-c2c([2H])c([2H])c(-c3c([2H])c([2H])c([2H])c4c3c3c([2H])c([2H])c([2H])c([2H])c3n4-c3ccccc3-c3nc(-c4ccccc4)nc(-c4cccc(-c5ccccc5)c4)n3)c([2H])c2[2H])c([2H])c1[2H]. The molecule has 55 heavy (non-hydrogen) atoms. The molecule has 0 fully saturated rings. The normalized spacial score (nSPS) is 15.3. The molecule has 2 heterocycles. The highest BCUT2D eigenvalue weighted by molar-refractivity contribution is 6.16. The Hall–Kier alpha value is -7.43. The topological polar surface area (TPSA) is 43.6 Å². The van der Waals surface area contributed by atoms with Crippen LogP contribution in [0.1, 0.15) is 21.9 Å². The summed E-state index contributed by atoms with van der Waals surface area (Å²) < 4.78 is 145. The van der Waals surface area contributed by atoms with E-state index in [0.29, 0.717) is 17.0 Å². The molecule has 0 radical (unpaired) electrons. The number of nitrogens with zero attached hydrogens (tertiary/aromatic N) is 4. The van der Waals surface area contributed by atoms with Gasteiger partial charge in [0.1, 0.15) is 0 Å². The van der Waals surface area contributed by atoms with E-state index in [-0.39, 0.29) is 44.7 Å². The molecular formula is C51H34N4. The second kappa shape index (κ2) is 13.8. The summed E-state index contributed by atoms with van der Waals surface area (Å²) in [5.74, 6) is 0.695. The molecule has 10 rings (SSSR count). The fraction of sp³-hybridized carbons (Fsp3) is 0.